The van der Waals surface area contributed by atoms with Gasteiger partial charge >= 0.3 is 0 Å². The fourth-order valence-electron chi connectivity index (χ4n) is 0. The summed E-state index contributed by atoms with van der Waals surface area (Å²) in [5, 5.41) is 0. The van der Waals surface area contributed by atoms with Crippen molar-refractivity contribution in [2.45, 2.75) is 21.3 Å². The van der Waals surface area contributed by atoms with Crippen LogP contribution in [0.2, 0.25) is 0 Å². The molecule has 31 valence electrons. The maximum atomic E-state index is 2.00. The van der Waals surface area contributed by atoms with E-state index >= 15 is 0 Å². The van der Waals surface area contributed by atoms with Crippen molar-refractivity contribution in [3.63, 3.8) is 0 Å². The van der Waals surface area contributed by atoms with E-state index in [2.05, 4.69) is 0 Å². The van der Waals surface area contributed by atoms with Crippen LogP contribution in [0.3, 0.4) is 0 Å². The van der Waals surface area contributed by atoms with E-state index in [0.29, 0.717) is 0 Å². The molecule has 0 fully saturated rings. The zero-order valence-corrected chi connectivity index (χ0v) is 5.99. The van der Waals surface area contributed by atoms with Crippen LogP contribution in [0.1, 0.15) is 21.3 Å². The molecule has 0 atom stereocenters. The molecule has 0 aliphatic rings. The quantitative estimate of drug-likeness (QED) is 0.460. The van der Waals surface area contributed by atoms with Crippen LogP contribution in [0.25, 0.3) is 0 Å². The molecular formula is C4H11Y-. The van der Waals surface area contributed by atoms with Crippen LogP contribution >= 0.6 is 0 Å². The minimum Gasteiger partial charge on any atom is -0.335 e. The summed E-state index contributed by atoms with van der Waals surface area (Å²) in [5.41, 5.74) is 0. The van der Waals surface area contributed by atoms with Crippen LogP contribution in [0.15, 0.2) is 0 Å². The van der Waals surface area contributed by atoms with Gasteiger partial charge in [-0.1, -0.05) is 7.43 Å². The van der Waals surface area contributed by atoms with Gasteiger partial charge in [0.1, 0.15) is 0 Å². The number of hydrogen-bond acceptors (Lipinski definition) is 0. The van der Waals surface area contributed by atoms with Crippen LogP contribution in [0.5, 0.6) is 0 Å². The molecule has 0 aromatic rings. The van der Waals surface area contributed by atoms with Crippen LogP contribution in [-0.4, -0.2) is 0 Å². The van der Waals surface area contributed by atoms with Gasteiger partial charge in [0.2, 0.25) is 0 Å². The molecule has 1 radical (unpaired) electrons. The Hall–Kier alpha value is 1.10. The first kappa shape index (κ1) is 16.5. The molecule has 1 heteroatoms. The Morgan fingerprint density at radius 2 is 1.20 bits per heavy atom. The molecule has 0 aliphatic heterocycles. The number of hydrogen-bond donors (Lipinski definition) is 0. The van der Waals surface area contributed by atoms with Gasteiger partial charge in [-0.25, -0.2) is 0 Å². The molecule has 0 bridgehead atoms. The Kier molecular flexibility index (Phi) is 64.1. The molecule has 0 aromatic heterocycles. The zero-order chi connectivity index (χ0) is 2.71. The average molecular weight is 148 g/mol. The topological polar surface area (TPSA) is 0 Å². The Morgan fingerprint density at radius 3 is 1.20 bits per heavy atom. The van der Waals surface area contributed by atoms with Crippen LogP contribution in [0, 0.1) is 6.42 Å². The summed E-state index contributed by atoms with van der Waals surface area (Å²) in [6.07, 6.45) is 2.00. The summed E-state index contributed by atoms with van der Waals surface area (Å²) in [5.74, 6) is 0. The molecule has 0 aliphatic carbocycles. The van der Waals surface area contributed by atoms with Crippen molar-refractivity contribution in [3.8, 4) is 0 Å². The van der Waals surface area contributed by atoms with Crippen molar-refractivity contribution in [2.24, 2.45) is 0 Å². The zero-order valence-electron chi connectivity index (χ0n) is 3.15. The Labute approximate surface area is 60.2 Å². The van der Waals surface area contributed by atoms with E-state index in [1.54, 1.807) is 0 Å². The third-order valence-electron chi connectivity index (χ3n) is 0. The SMILES string of the molecule is C.C[CH-]C.[Y]. The van der Waals surface area contributed by atoms with Crippen LogP contribution in [0.4, 0.5) is 0 Å². The fraction of sp³-hybridized carbons (Fsp3) is 0.750. The third-order valence-corrected chi connectivity index (χ3v) is 0. The van der Waals surface area contributed by atoms with Crippen LogP contribution in [-0.2, 0) is 32.7 Å². The second-order valence-corrected chi connectivity index (χ2v) is 0.577. The Bertz CT molecular complexity index is 3.61. The van der Waals surface area contributed by atoms with E-state index in [-0.39, 0.29) is 40.1 Å². The van der Waals surface area contributed by atoms with E-state index in [1.165, 1.54) is 0 Å². The van der Waals surface area contributed by atoms with E-state index in [4.69, 9.17) is 0 Å². The second kappa shape index (κ2) is 19.4. The van der Waals surface area contributed by atoms with Gasteiger partial charge in [-0.3, -0.25) is 0 Å². The molecule has 0 rings (SSSR count). The molecule has 0 aromatic carbocycles. The second-order valence-electron chi connectivity index (χ2n) is 0.577. The molecule has 0 heterocycles. The summed E-state index contributed by atoms with van der Waals surface area (Å²) in [6.45, 7) is 4.00. The minimum absolute atomic E-state index is 0. The first-order chi connectivity index (χ1) is 1.41. The van der Waals surface area contributed by atoms with Gasteiger partial charge in [0.25, 0.3) is 0 Å². The average Bonchev–Trinajstić information content (AvgIpc) is 0.918. The molecular weight excluding hydrogens is 137 g/mol. The molecule has 0 nitrogen and oxygen atoms in total. The van der Waals surface area contributed by atoms with E-state index in [1.807, 2.05) is 20.3 Å². The van der Waals surface area contributed by atoms with Gasteiger partial charge in [0, 0.05) is 32.7 Å². The Morgan fingerprint density at radius 1 is 1.20 bits per heavy atom. The molecule has 0 unspecified atom stereocenters. The first-order valence-electron chi connectivity index (χ1n) is 1.15. The van der Waals surface area contributed by atoms with E-state index < -0.39 is 0 Å². The van der Waals surface area contributed by atoms with Crippen molar-refractivity contribution < 1.29 is 32.7 Å². The smallest absolute Gasteiger partial charge is 0 e. The predicted octanol–water partition coefficient (Wildman–Crippen LogP) is 1.86. The minimum atomic E-state index is 0. The first-order valence-corrected chi connectivity index (χ1v) is 1.15. The van der Waals surface area contributed by atoms with Gasteiger partial charge in [0.15, 0.2) is 0 Å². The monoisotopic (exact) mass is 148 g/mol. The summed E-state index contributed by atoms with van der Waals surface area (Å²) >= 11 is 0. The van der Waals surface area contributed by atoms with Gasteiger partial charge < -0.3 is 6.42 Å². The molecule has 0 saturated carbocycles. The van der Waals surface area contributed by atoms with Gasteiger partial charge in [0.05, 0.1) is 0 Å². The third kappa shape index (κ3) is 40.4. The standard InChI is InChI=1S/C3H7.CH4.Y/c1-3-2;;/h3H,1-2H3;1H4;/q-1;;. The van der Waals surface area contributed by atoms with Crippen molar-refractivity contribution in [1.82, 2.24) is 0 Å². The van der Waals surface area contributed by atoms with Gasteiger partial charge in [-0.05, 0) is 0 Å². The molecule has 0 amide bonds. The number of rotatable bonds is 0. The van der Waals surface area contributed by atoms with E-state index in [0.717, 1.165) is 0 Å². The molecule has 0 spiro atoms. The van der Waals surface area contributed by atoms with Crippen molar-refractivity contribution in [1.29, 1.82) is 0 Å². The maximum absolute atomic E-state index is 2.00. The largest absolute Gasteiger partial charge is 0.335 e. The summed E-state index contributed by atoms with van der Waals surface area (Å²) in [4.78, 5) is 0. The summed E-state index contributed by atoms with van der Waals surface area (Å²) < 4.78 is 0. The van der Waals surface area contributed by atoms with Crippen molar-refractivity contribution in [3.05, 3.63) is 6.42 Å². The van der Waals surface area contributed by atoms with Gasteiger partial charge in [-0.2, -0.15) is 13.8 Å². The molecule has 0 N–H and O–H groups in total. The maximum Gasteiger partial charge on any atom is 0 e. The molecule has 5 heavy (non-hydrogen) atoms. The van der Waals surface area contributed by atoms with Gasteiger partial charge in [-0.15, -0.1) is 0 Å². The molecule has 0 saturated heterocycles. The normalized spacial score (nSPS) is 3.60. The van der Waals surface area contributed by atoms with Crippen molar-refractivity contribution >= 4 is 0 Å². The Balaban J connectivity index is -0.0000000200. The van der Waals surface area contributed by atoms with E-state index in [9.17, 15) is 0 Å². The predicted molar refractivity (Wildman–Crippen MR) is 22.4 cm³/mol. The summed E-state index contributed by atoms with van der Waals surface area (Å²) in [6, 6.07) is 0. The van der Waals surface area contributed by atoms with Crippen LogP contribution < -0.4 is 0 Å². The summed E-state index contributed by atoms with van der Waals surface area (Å²) in [7, 11) is 0. The fourth-order valence-corrected chi connectivity index (χ4v) is 0. The van der Waals surface area contributed by atoms with Crippen molar-refractivity contribution in [2.75, 3.05) is 0 Å².